The van der Waals surface area contributed by atoms with Crippen LogP contribution in [0.2, 0.25) is 0 Å². The molecule has 4 aliphatic rings. The van der Waals surface area contributed by atoms with E-state index in [1.54, 1.807) is 13.0 Å². The van der Waals surface area contributed by atoms with Crippen LogP contribution in [0.3, 0.4) is 0 Å². The molecule has 0 spiro atoms. The Labute approximate surface area is 119 Å². The van der Waals surface area contributed by atoms with Crippen LogP contribution in [0.1, 0.15) is 33.6 Å². The summed E-state index contributed by atoms with van der Waals surface area (Å²) in [6.07, 6.45) is 4.77. The van der Waals surface area contributed by atoms with Gasteiger partial charge in [0.1, 0.15) is 6.10 Å². The van der Waals surface area contributed by atoms with Gasteiger partial charge in [-0.15, -0.1) is 0 Å². The molecule has 1 aliphatic carbocycles. The van der Waals surface area contributed by atoms with Gasteiger partial charge in [0.15, 0.2) is 5.79 Å². The molecule has 0 aromatic heterocycles. The maximum absolute atomic E-state index is 12.4. The predicted octanol–water partition coefficient (Wildman–Crippen LogP) is 1.80. The van der Waals surface area contributed by atoms with E-state index in [0.717, 1.165) is 12.8 Å². The van der Waals surface area contributed by atoms with Crippen LogP contribution < -0.4 is 0 Å². The molecule has 5 heteroatoms. The van der Waals surface area contributed by atoms with Gasteiger partial charge in [-0.05, 0) is 25.8 Å². The summed E-state index contributed by atoms with van der Waals surface area (Å²) in [6.45, 7) is 6.66. The highest BCUT2D eigenvalue weighted by atomic mass is 16.8. The van der Waals surface area contributed by atoms with Crippen molar-refractivity contribution in [2.24, 2.45) is 5.92 Å². The fraction of sp³-hybridized carbons (Fsp3) is 0.800. The fourth-order valence-electron chi connectivity index (χ4n) is 3.34. The number of rotatable bonds is 4. The molecule has 0 unspecified atom stereocenters. The lowest BCUT2D eigenvalue weighted by Gasteiger charge is -2.45. The van der Waals surface area contributed by atoms with Gasteiger partial charge < -0.3 is 18.9 Å². The molecule has 5 nitrogen and oxygen atoms in total. The van der Waals surface area contributed by atoms with E-state index in [1.807, 2.05) is 19.9 Å². The lowest BCUT2D eigenvalue weighted by atomic mass is 9.77. The summed E-state index contributed by atoms with van der Waals surface area (Å²) in [5.41, 5.74) is -1.14. The number of ether oxygens (including phenoxy) is 4. The molecule has 3 aliphatic heterocycles. The van der Waals surface area contributed by atoms with E-state index in [2.05, 4.69) is 0 Å². The highest BCUT2D eigenvalue weighted by Crippen LogP contribution is 2.49. The number of hydrogen-bond donors (Lipinski definition) is 0. The van der Waals surface area contributed by atoms with Gasteiger partial charge in [0.2, 0.25) is 5.60 Å². The van der Waals surface area contributed by atoms with E-state index in [-0.39, 0.29) is 18.0 Å². The van der Waals surface area contributed by atoms with Crippen LogP contribution in [-0.2, 0) is 23.7 Å². The molecule has 0 amide bonds. The van der Waals surface area contributed by atoms with Crippen LogP contribution in [0.15, 0.2) is 12.2 Å². The highest BCUT2D eigenvalue weighted by molar-refractivity contribution is 5.84. The zero-order chi connectivity index (χ0) is 14.4. The molecule has 3 heterocycles. The maximum Gasteiger partial charge on any atom is 0.345 e. The van der Waals surface area contributed by atoms with Gasteiger partial charge >= 0.3 is 5.97 Å². The summed E-state index contributed by atoms with van der Waals surface area (Å²) in [4.78, 5) is 12.4. The van der Waals surface area contributed by atoms with E-state index in [1.165, 1.54) is 0 Å². The molecule has 2 saturated heterocycles. The van der Waals surface area contributed by atoms with Crippen molar-refractivity contribution >= 4 is 5.97 Å². The minimum atomic E-state index is -1.14. The number of carbonyl (C=O) groups is 1. The predicted molar refractivity (Wildman–Crippen MR) is 71.0 cm³/mol. The molecular formula is C15H22O5. The van der Waals surface area contributed by atoms with E-state index in [0.29, 0.717) is 13.2 Å². The molecule has 2 fully saturated rings. The van der Waals surface area contributed by atoms with Crippen LogP contribution in [0.25, 0.3) is 0 Å². The normalized spacial score (nSPS) is 40.6. The Hall–Kier alpha value is -0.910. The van der Waals surface area contributed by atoms with E-state index >= 15 is 0 Å². The summed E-state index contributed by atoms with van der Waals surface area (Å²) in [6, 6.07) is 0. The Balaban J connectivity index is 1.94. The maximum atomic E-state index is 12.4. The first-order chi connectivity index (χ1) is 9.61. The van der Waals surface area contributed by atoms with Crippen LogP contribution in [-0.4, -0.2) is 42.8 Å². The van der Waals surface area contributed by atoms with Crippen LogP contribution in [0.4, 0.5) is 0 Å². The molecule has 0 aromatic rings. The Morgan fingerprint density at radius 1 is 1.30 bits per heavy atom. The van der Waals surface area contributed by atoms with Crippen LogP contribution in [0.5, 0.6) is 0 Å². The fourth-order valence-corrected chi connectivity index (χ4v) is 3.34. The lowest BCUT2D eigenvalue weighted by Crippen LogP contribution is -2.63. The van der Waals surface area contributed by atoms with E-state index in [4.69, 9.17) is 18.9 Å². The third kappa shape index (κ3) is 1.76. The van der Waals surface area contributed by atoms with Crippen molar-refractivity contribution in [1.82, 2.24) is 0 Å². The van der Waals surface area contributed by atoms with Gasteiger partial charge in [-0.2, -0.15) is 0 Å². The molecule has 0 aromatic carbocycles. The molecule has 4 atom stereocenters. The molecule has 0 radical (unpaired) electrons. The quantitative estimate of drug-likeness (QED) is 0.581. The Bertz CT molecular complexity index is 428. The first-order valence-electron chi connectivity index (χ1n) is 7.47. The van der Waals surface area contributed by atoms with Gasteiger partial charge in [0, 0.05) is 5.92 Å². The first-order valence-corrected chi connectivity index (χ1v) is 7.47. The molecular weight excluding hydrogens is 260 g/mol. The van der Waals surface area contributed by atoms with Crippen LogP contribution in [0, 0.1) is 5.92 Å². The average Bonchev–Trinajstić information content (AvgIpc) is 2.91. The smallest absolute Gasteiger partial charge is 0.345 e. The van der Waals surface area contributed by atoms with E-state index < -0.39 is 17.5 Å². The molecule has 4 rings (SSSR count). The third-order valence-corrected chi connectivity index (χ3v) is 4.61. The standard InChI is InChI=1S/C15H22O5/c1-4-14(5-2)19-11-10-7-8-15(18-9-10,12(11)20-14)13(16)17-6-3/h7-8,10-12H,4-6,9H2,1-3H3/t10-,11-,12-,15-/m0/s1. The second-order valence-corrected chi connectivity index (χ2v) is 5.59. The van der Waals surface area contributed by atoms with E-state index in [9.17, 15) is 4.79 Å². The first kappa shape index (κ1) is 14.0. The summed E-state index contributed by atoms with van der Waals surface area (Å²) in [7, 11) is 0. The minimum absolute atomic E-state index is 0.127. The van der Waals surface area contributed by atoms with Crippen LogP contribution >= 0.6 is 0 Å². The average molecular weight is 282 g/mol. The topological polar surface area (TPSA) is 54.0 Å². The number of carbonyl (C=O) groups excluding carboxylic acids is 1. The van der Waals surface area contributed by atoms with Crippen molar-refractivity contribution < 1.29 is 23.7 Å². The SMILES string of the molecule is CCOC(=O)[C@@]12C=C[C@@H](CO1)[C@@H]1OC(CC)(CC)O[C@@H]12. The Morgan fingerprint density at radius 2 is 2.05 bits per heavy atom. The van der Waals surface area contributed by atoms with Crippen molar-refractivity contribution in [3.05, 3.63) is 12.2 Å². The van der Waals surface area contributed by atoms with Gasteiger partial charge in [-0.1, -0.05) is 19.9 Å². The molecule has 0 saturated carbocycles. The monoisotopic (exact) mass is 282 g/mol. The number of hydrogen-bond acceptors (Lipinski definition) is 5. The minimum Gasteiger partial charge on any atom is -0.464 e. The zero-order valence-electron chi connectivity index (χ0n) is 12.3. The van der Waals surface area contributed by atoms with Crippen molar-refractivity contribution in [3.8, 4) is 0 Å². The summed E-state index contributed by atoms with van der Waals surface area (Å²) in [5.74, 6) is -0.835. The largest absolute Gasteiger partial charge is 0.464 e. The van der Waals surface area contributed by atoms with Gasteiger partial charge in [0.05, 0.1) is 19.3 Å². The Kier molecular flexibility index (Phi) is 3.39. The highest BCUT2D eigenvalue weighted by Gasteiger charge is 2.65. The second kappa shape index (κ2) is 4.83. The van der Waals surface area contributed by atoms with Crippen molar-refractivity contribution in [3.63, 3.8) is 0 Å². The zero-order valence-corrected chi connectivity index (χ0v) is 12.3. The van der Waals surface area contributed by atoms with Gasteiger partial charge in [0.25, 0.3) is 0 Å². The molecule has 112 valence electrons. The summed E-state index contributed by atoms with van der Waals surface area (Å²) >= 11 is 0. The lowest BCUT2D eigenvalue weighted by molar-refractivity contribution is -0.209. The molecule has 0 N–H and O–H groups in total. The molecule has 2 bridgehead atoms. The van der Waals surface area contributed by atoms with Gasteiger partial charge in [-0.3, -0.25) is 0 Å². The number of fused-ring (bicyclic) bond motifs is 1. The van der Waals surface area contributed by atoms with Crippen molar-refractivity contribution in [2.75, 3.05) is 13.2 Å². The van der Waals surface area contributed by atoms with Crippen molar-refractivity contribution in [2.45, 2.75) is 57.2 Å². The third-order valence-electron chi connectivity index (χ3n) is 4.61. The second-order valence-electron chi connectivity index (χ2n) is 5.59. The van der Waals surface area contributed by atoms with Crippen molar-refractivity contribution in [1.29, 1.82) is 0 Å². The Morgan fingerprint density at radius 3 is 2.60 bits per heavy atom. The van der Waals surface area contributed by atoms with Gasteiger partial charge in [-0.25, -0.2) is 4.79 Å². The molecule has 20 heavy (non-hydrogen) atoms. The number of esters is 1. The summed E-state index contributed by atoms with van der Waals surface area (Å²) < 4.78 is 23.3. The summed E-state index contributed by atoms with van der Waals surface area (Å²) in [5, 5.41) is 0.